The van der Waals surface area contributed by atoms with Gasteiger partial charge >= 0.3 is 0 Å². The zero-order valence-corrected chi connectivity index (χ0v) is 18.3. The summed E-state index contributed by atoms with van der Waals surface area (Å²) in [7, 11) is 0. The lowest BCUT2D eigenvalue weighted by Gasteiger charge is -2.44. The first-order valence-corrected chi connectivity index (χ1v) is 11.1. The summed E-state index contributed by atoms with van der Waals surface area (Å²) in [6, 6.07) is 12.6. The molecular formula is C25H31FN2O3. The number of ether oxygens (including phenoxy) is 1. The normalized spacial score (nSPS) is 24.0. The molecule has 2 aromatic carbocycles. The molecule has 1 N–H and O–H groups in total. The van der Waals surface area contributed by atoms with Gasteiger partial charge in [0.15, 0.2) is 6.61 Å². The van der Waals surface area contributed by atoms with Crippen molar-refractivity contribution < 1.29 is 19.0 Å². The summed E-state index contributed by atoms with van der Waals surface area (Å²) < 4.78 is 19.1. The molecule has 1 saturated heterocycles. The van der Waals surface area contributed by atoms with Crippen molar-refractivity contribution in [1.82, 2.24) is 9.80 Å². The maximum atomic E-state index is 13.2. The average molecular weight is 427 g/mol. The molecule has 1 heterocycles. The van der Waals surface area contributed by atoms with E-state index in [2.05, 4.69) is 18.7 Å². The highest BCUT2D eigenvalue weighted by atomic mass is 19.1. The van der Waals surface area contributed by atoms with Gasteiger partial charge in [0.2, 0.25) is 0 Å². The minimum atomic E-state index is -0.446. The fourth-order valence-corrected chi connectivity index (χ4v) is 4.74. The molecule has 1 aliphatic carbocycles. The van der Waals surface area contributed by atoms with E-state index in [1.54, 1.807) is 0 Å². The van der Waals surface area contributed by atoms with Crippen LogP contribution >= 0.6 is 0 Å². The van der Waals surface area contributed by atoms with E-state index in [0.717, 1.165) is 49.0 Å². The van der Waals surface area contributed by atoms with E-state index in [1.165, 1.54) is 12.1 Å². The van der Waals surface area contributed by atoms with E-state index in [0.29, 0.717) is 12.3 Å². The number of aliphatic hydroxyl groups excluding tert-OH is 1. The van der Waals surface area contributed by atoms with E-state index >= 15 is 0 Å². The summed E-state index contributed by atoms with van der Waals surface area (Å²) in [5, 5.41) is 10.2. The first-order chi connectivity index (χ1) is 14.9. The molecule has 166 valence electrons. The van der Waals surface area contributed by atoms with Crippen molar-refractivity contribution >= 4 is 5.91 Å². The van der Waals surface area contributed by atoms with Crippen molar-refractivity contribution in [2.45, 2.75) is 57.8 Å². The van der Waals surface area contributed by atoms with E-state index in [4.69, 9.17) is 4.74 Å². The lowest BCUT2D eigenvalue weighted by molar-refractivity contribution is -0.139. The van der Waals surface area contributed by atoms with Crippen molar-refractivity contribution in [3.63, 3.8) is 0 Å². The minimum absolute atomic E-state index is 0.00156. The highest BCUT2D eigenvalue weighted by molar-refractivity contribution is 5.78. The average Bonchev–Trinajstić information content (AvgIpc) is 2.76. The zero-order valence-electron chi connectivity index (χ0n) is 18.3. The van der Waals surface area contributed by atoms with Gasteiger partial charge in [0, 0.05) is 31.7 Å². The Morgan fingerprint density at radius 3 is 2.68 bits per heavy atom. The largest absolute Gasteiger partial charge is 0.483 e. The smallest absolute Gasteiger partial charge is 0.260 e. The Morgan fingerprint density at radius 2 is 1.90 bits per heavy atom. The van der Waals surface area contributed by atoms with Crippen LogP contribution in [0.3, 0.4) is 0 Å². The van der Waals surface area contributed by atoms with Crippen molar-refractivity contribution in [2.75, 3.05) is 19.7 Å². The van der Waals surface area contributed by atoms with Gasteiger partial charge in [0.1, 0.15) is 11.6 Å². The van der Waals surface area contributed by atoms with Crippen LogP contribution in [0.5, 0.6) is 5.75 Å². The van der Waals surface area contributed by atoms with Crippen LogP contribution in [0.4, 0.5) is 4.39 Å². The van der Waals surface area contributed by atoms with Gasteiger partial charge in [-0.3, -0.25) is 9.69 Å². The third-order valence-corrected chi connectivity index (χ3v) is 6.52. The van der Waals surface area contributed by atoms with Gasteiger partial charge in [-0.1, -0.05) is 24.3 Å². The monoisotopic (exact) mass is 426 g/mol. The van der Waals surface area contributed by atoms with E-state index in [-0.39, 0.29) is 30.4 Å². The number of halogens is 1. The van der Waals surface area contributed by atoms with E-state index in [1.807, 2.05) is 35.2 Å². The molecule has 0 aromatic heterocycles. The summed E-state index contributed by atoms with van der Waals surface area (Å²) in [5.41, 5.74) is 3.02. The van der Waals surface area contributed by atoms with Crippen LogP contribution in [-0.2, 0) is 17.8 Å². The Bertz CT molecular complexity index is 917. The molecule has 0 radical (unpaired) electrons. The first kappa shape index (κ1) is 21.8. The zero-order chi connectivity index (χ0) is 22.0. The second-order valence-electron chi connectivity index (χ2n) is 8.82. The molecule has 2 aliphatic rings. The van der Waals surface area contributed by atoms with Crippen molar-refractivity contribution in [3.8, 4) is 5.75 Å². The number of aliphatic hydroxyl groups is 1. The Labute approximate surface area is 183 Å². The van der Waals surface area contributed by atoms with E-state index in [9.17, 15) is 14.3 Å². The fraction of sp³-hybridized carbons (Fsp3) is 0.480. The van der Waals surface area contributed by atoms with Crippen LogP contribution in [0.1, 0.15) is 49.5 Å². The summed E-state index contributed by atoms with van der Waals surface area (Å²) >= 11 is 0. The number of hydrogen-bond donors (Lipinski definition) is 1. The SMILES string of the molecule is C[C@@H]1CN(C(=O)COc2cccc3c2CCCC3O)[C@@H](C)CN1Cc1ccc(F)cc1. The van der Waals surface area contributed by atoms with Crippen molar-refractivity contribution in [1.29, 1.82) is 0 Å². The third-order valence-electron chi connectivity index (χ3n) is 6.52. The quantitative estimate of drug-likeness (QED) is 0.792. The molecule has 5 nitrogen and oxygen atoms in total. The standard InChI is InChI=1S/C25H31FN2O3/c1-17-14-28(18(2)13-27(17)15-19-9-11-20(26)12-10-19)25(30)16-31-24-8-4-5-21-22(24)6-3-7-23(21)29/h4-5,8-12,17-18,23,29H,3,6-7,13-16H2,1-2H3/t17-,18+,23?/m1/s1. The molecule has 6 heteroatoms. The van der Waals surface area contributed by atoms with Crippen molar-refractivity contribution in [2.24, 2.45) is 0 Å². The third kappa shape index (κ3) is 4.91. The second kappa shape index (κ2) is 9.37. The summed E-state index contributed by atoms with van der Waals surface area (Å²) in [6.07, 6.45) is 2.12. The molecule has 0 bridgehead atoms. The van der Waals surface area contributed by atoms with Crippen LogP contribution in [-0.4, -0.2) is 52.6 Å². The molecule has 4 rings (SSSR count). The van der Waals surface area contributed by atoms with Gasteiger partial charge in [-0.2, -0.15) is 0 Å². The van der Waals surface area contributed by atoms with Gasteiger partial charge in [0.25, 0.3) is 5.91 Å². The molecule has 0 saturated carbocycles. The maximum Gasteiger partial charge on any atom is 0.260 e. The van der Waals surface area contributed by atoms with Gasteiger partial charge in [-0.05, 0) is 68.0 Å². The number of amides is 1. The van der Waals surface area contributed by atoms with Gasteiger partial charge in [-0.25, -0.2) is 4.39 Å². The highest BCUT2D eigenvalue weighted by Gasteiger charge is 2.32. The molecule has 1 amide bonds. The predicted molar refractivity (Wildman–Crippen MR) is 117 cm³/mol. The lowest BCUT2D eigenvalue weighted by Crippen LogP contribution is -2.58. The second-order valence-corrected chi connectivity index (χ2v) is 8.82. The Hall–Kier alpha value is -2.44. The summed E-state index contributed by atoms with van der Waals surface area (Å²) in [4.78, 5) is 17.2. The maximum absolute atomic E-state index is 13.2. The van der Waals surface area contributed by atoms with Crippen molar-refractivity contribution in [3.05, 3.63) is 65.0 Å². The predicted octanol–water partition coefficient (Wildman–Crippen LogP) is 3.70. The Morgan fingerprint density at radius 1 is 1.13 bits per heavy atom. The summed E-state index contributed by atoms with van der Waals surface area (Å²) in [5.74, 6) is 0.463. The number of nitrogens with zero attached hydrogens (tertiary/aromatic N) is 2. The molecule has 1 fully saturated rings. The number of piperazine rings is 1. The van der Waals surface area contributed by atoms with Crippen LogP contribution in [0.25, 0.3) is 0 Å². The molecule has 1 aliphatic heterocycles. The van der Waals surface area contributed by atoms with Crippen LogP contribution in [0, 0.1) is 5.82 Å². The molecule has 3 atom stereocenters. The topological polar surface area (TPSA) is 53.0 Å². The van der Waals surface area contributed by atoms with Crippen LogP contribution < -0.4 is 4.74 Å². The number of carbonyl (C=O) groups is 1. The molecular weight excluding hydrogens is 395 g/mol. The number of benzene rings is 2. The highest BCUT2D eigenvalue weighted by Crippen LogP contribution is 2.35. The van der Waals surface area contributed by atoms with Crippen LogP contribution in [0.2, 0.25) is 0 Å². The number of hydrogen-bond acceptors (Lipinski definition) is 4. The first-order valence-electron chi connectivity index (χ1n) is 11.1. The molecule has 1 unspecified atom stereocenters. The number of fused-ring (bicyclic) bond motifs is 1. The Kier molecular flexibility index (Phi) is 6.58. The van der Waals surface area contributed by atoms with Gasteiger partial charge < -0.3 is 14.7 Å². The van der Waals surface area contributed by atoms with Gasteiger partial charge in [0.05, 0.1) is 6.10 Å². The molecule has 0 spiro atoms. The number of rotatable bonds is 5. The minimum Gasteiger partial charge on any atom is -0.483 e. The molecule has 31 heavy (non-hydrogen) atoms. The Balaban J connectivity index is 1.36. The fourth-order valence-electron chi connectivity index (χ4n) is 4.74. The van der Waals surface area contributed by atoms with Crippen LogP contribution in [0.15, 0.2) is 42.5 Å². The molecule has 2 aromatic rings. The number of carbonyl (C=O) groups excluding carboxylic acids is 1. The van der Waals surface area contributed by atoms with Gasteiger partial charge in [-0.15, -0.1) is 0 Å². The van der Waals surface area contributed by atoms with E-state index < -0.39 is 6.10 Å². The lowest BCUT2D eigenvalue weighted by atomic mass is 9.89. The summed E-state index contributed by atoms with van der Waals surface area (Å²) in [6.45, 7) is 6.31.